The van der Waals surface area contributed by atoms with Gasteiger partial charge in [0.1, 0.15) is 6.10 Å². The highest BCUT2D eigenvalue weighted by Gasteiger charge is 2.48. The fraction of sp³-hybridized carbons (Fsp3) is 0.294. The van der Waals surface area contributed by atoms with Crippen LogP contribution in [-0.4, -0.2) is 33.6 Å². The first kappa shape index (κ1) is 19.0. The molecule has 0 radical (unpaired) electrons. The molecule has 26 heavy (non-hydrogen) atoms. The van der Waals surface area contributed by atoms with E-state index in [0.717, 1.165) is 11.6 Å². The van der Waals surface area contributed by atoms with Crippen molar-refractivity contribution in [1.29, 1.82) is 0 Å². The molecule has 0 aliphatic carbocycles. The first-order valence-electron chi connectivity index (χ1n) is 7.72. The van der Waals surface area contributed by atoms with Gasteiger partial charge in [-0.2, -0.15) is 13.2 Å². The summed E-state index contributed by atoms with van der Waals surface area (Å²) in [5.74, 6) is 0. The van der Waals surface area contributed by atoms with Gasteiger partial charge >= 0.3 is 5.51 Å². The quantitative estimate of drug-likeness (QED) is 0.767. The number of nitrogens with zero attached hydrogens (tertiary/aromatic N) is 1. The van der Waals surface area contributed by atoms with Crippen molar-refractivity contribution in [2.45, 2.75) is 16.5 Å². The number of halogens is 4. The lowest BCUT2D eigenvalue weighted by Crippen LogP contribution is -2.39. The first-order valence-corrected chi connectivity index (χ1v) is 9.58. The van der Waals surface area contributed by atoms with Crippen LogP contribution in [0.2, 0.25) is 5.02 Å². The summed E-state index contributed by atoms with van der Waals surface area (Å²) in [5, 5.41) is 0.558. The molecule has 0 saturated carbocycles. The number of morpholine rings is 1. The molecule has 4 nitrogen and oxygen atoms in total. The summed E-state index contributed by atoms with van der Waals surface area (Å²) < 4.78 is 68.5. The van der Waals surface area contributed by atoms with Crippen LogP contribution >= 0.6 is 11.6 Å². The Balaban J connectivity index is 1.94. The Bertz CT molecular complexity index is 885. The predicted octanol–water partition coefficient (Wildman–Crippen LogP) is 4.21. The molecule has 1 unspecified atom stereocenters. The molecule has 140 valence electrons. The van der Waals surface area contributed by atoms with E-state index in [0.29, 0.717) is 5.02 Å². The van der Waals surface area contributed by atoms with Gasteiger partial charge in [-0.25, -0.2) is 8.42 Å². The molecule has 0 aromatic heterocycles. The molecule has 1 aliphatic rings. The maximum atomic E-state index is 13.0. The number of alkyl halides is 3. The molecule has 0 amide bonds. The summed E-state index contributed by atoms with van der Waals surface area (Å²) in [6.07, 6.45) is -0.400. The minimum absolute atomic E-state index is 0.0205. The highest BCUT2D eigenvalue weighted by molar-refractivity contribution is 7.92. The van der Waals surface area contributed by atoms with Crippen molar-refractivity contribution in [1.82, 2.24) is 0 Å². The molecule has 1 heterocycles. The Morgan fingerprint density at radius 3 is 2.38 bits per heavy atom. The van der Waals surface area contributed by atoms with Gasteiger partial charge in [0.2, 0.25) is 0 Å². The van der Waals surface area contributed by atoms with Crippen LogP contribution in [0.15, 0.2) is 53.4 Å². The second-order valence-corrected chi connectivity index (χ2v) is 8.12. The maximum Gasteiger partial charge on any atom is 0.501 e. The number of para-hydroxylation sites is 1. The molecule has 1 aliphatic heterocycles. The van der Waals surface area contributed by atoms with Gasteiger partial charge in [0.05, 0.1) is 17.2 Å². The van der Waals surface area contributed by atoms with Gasteiger partial charge in [0.15, 0.2) is 0 Å². The molecule has 0 N–H and O–H groups in total. The molecule has 1 fully saturated rings. The average Bonchev–Trinajstić information content (AvgIpc) is 2.61. The van der Waals surface area contributed by atoms with Crippen LogP contribution in [0.4, 0.5) is 18.9 Å². The standard InChI is InChI=1S/C17H15ClF3NO3S/c18-13-7-5-12(6-8-13)15-11-22(9-10-25-15)14-3-1-2-4-16(14)26(23,24)17(19,20)21/h1-8,15H,9-11H2. The molecular weight excluding hydrogens is 391 g/mol. The fourth-order valence-corrected chi connectivity index (χ4v) is 3.92. The summed E-state index contributed by atoms with van der Waals surface area (Å²) in [6.45, 7) is 0.772. The molecule has 2 aromatic rings. The van der Waals surface area contributed by atoms with Crippen molar-refractivity contribution >= 4 is 27.1 Å². The molecule has 9 heteroatoms. The van der Waals surface area contributed by atoms with E-state index < -0.39 is 26.3 Å². The lowest BCUT2D eigenvalue weighted by Gasteiger charge is -2.35. The van der Waals surface area contributed by atoms with E-state index in [1.807, 2.05) is 0 Å². The third-order valence-corrected chi connectivity index (χ3v) is 5.89. The van der Waals surface area contributed by atoms with E-state index >= 15 is 0 Å². The Morgan fingerprint density at radius 2 is 1.73 bits per heavy atom. The zero-order valence-corrected chi connectivity index (χ0v) is 15.0. The van der Waals surface area contributed by atoms with Gasteiger partial charge in [-0.3, -0.25) is 0 Å². The third kappa shape index (κ3) is 3.67. The molecular formula is C17H15ClF3NO3S. The van der Waals surface area contributed by atoms with E-state index in [9.17, 15) is 21.6 Å². The topological polar surface area (TPSA) is 46.6 Å². The fourth-order valence-electron chi connectivity index (χ4n) is 2.82. The number of ether oxygens (including phenoxy) is 1. The SMILES string of the molecule is O=S(=O)(c1ccccc1N1CCOC(c2ccc(Cl)cc2)C1)C(F)(F)F. The summed E-state index contributed by atoms with van der Waals surface area (Å²) in [4.78, 5) is 0.853. The Hall–Kier alpha value is -1.77. The molecule has 0 spiro atoms. The zero-order chi connectivity index (χ0) is 18.9. The normalized spacial score (nSPS) is 18.8. The zero-order valence-electron chi connectivity index (χ0n) is 13.4. The van der Waals surface area contributed by atoms with E-state index in [4.69, 9.17) is 16.3 Å². The van der Waals surface area contributed by atoms with E-state index in [1.54, 1.807) is 29.2 Å². The lowest BCUT2D eigenvalue weighted by molar-refractivity contribution is -0.0435. The lowest BCUT2D eigenvalue weighted by atomic mass is 10.1. The van der Waals surface area contributed by atoms with Crippen LogP contribution in [0.5, 0.6) is 0 Å². The molecule has 0 bridgehead atoms. The number of benzene rings is 2. The van der Waals surface area contributed by atoms with Crippen molar-refractivity contribution in [2.24, 2.45) is 0 Å². The average molecular weight is 406 g/mol. The smallest absolute Gasteiger partial charge is 0.370 e. The highest BCUT2D eigenvalue weighted by atomic mass is 35.5. The number of sulfone groups is 1. The minimum Gasteiger partial charge on any atom is -0.370 e. The Kier molecular flexibility index (Phi) is 5.18. The van der Waals surface area contributed by atoms with Gasteiger partial charge in [-0.15, -0.1) is 0 Å². The second-order valence-electron chi connectivity index (χ2n) is 5.77. The van der Waals surface area contributed by atoms with Crippen molar-refractivity contribution in [3.63, 3.8) is 0 Å². The van der Waals surface area contributed by atoms with Gasteiger partial charge < -0.3 is 9.64 Å². The van der Waals surface area contributed by atoms with Gasteiger partial charge in [0, 0.05) is 18.1 Å². The predicted molar refractivity (Wildman–Crippen MR) is 92.0 cm³/mol. The summed E-state index contributed by atoms with van der Waals surface area (Å²) in [5.41, 5.74) is -4.52. The molecule has 1 atom stereocenters. The second kappa shape index (κ2) is 7.09. The summed E-state index contributed by atoms with van der Waals surface area (Å²) in [7, 11) is -5.44. The van der Waals surface area contributed by atoms with Crippen molar-refractivity contribution in [3.8, 4) is 0 Å². The van der Waals surface area contributed by atoms with Crippen LogP contribution < -0.4 is 4.90 Å². The number of anilines is 1. The summed E-state index contributed by atoms with van der Waals surface area (Å²) >= 11 is 5.86. The monoisotopic (exact) mass is 405 g/mol. The van der Waals surface area contributed by atoms with Crippen LogP contribution in [0, 0.1) is 0 Å². The summed E-state index contributed by atoms with van der Waals surface area (Å²) in [6, 6.07) is 12.1. The number of hydrogen-bond acceptors (Lipinski definition) is 4. The first-order chi connectivity index (χ1) is 12.2. The van der Waals surface area contributed by atoms with Gasteiger partial charge in [0.25, 0.3) is 9.84 Å². The minimum atomic E-state index is -5.44. The Morgan fingerprint density at radius 1 is 1.08 bits per heavy atom. The van der Waals surface area contributed by atoms with Crippen molar-refractivity contribution in [2.75, 3.05) is 24.6 Å². The molecule has 1 saturated heterocycles. The highest BCUT2D eigenvalue weighted by Crippen LogP contribution is 2.37. The third-order valence-electron chi connectivity index (χ3n) is 4.11. The van der Waals surface area contributed by atoms with Crippen LogP contribution in [0.1, 0.15) is 11.7 Å². The van der Waals surface area contributed by atoms with Crippen molar-refractivity contribution < 1.29 is 26.3 Å². The van der Waals surface area contributed by atoms with Crippen LogP contribution in [-0.2, 0) is 14.6 Å². The molecule has 2 aromatic carbocycles. The number of rotatable bonds is 3. The van der Waals surface area contributed by atoms with Gasteiger partial charge in [-0.1, -0.05) is 35.9 Å². The maximum absolute atomic E-state index is 13.0. The van der Waals surface area contributed by atoms with Crippen LogP contribution in [0.3, 0.4) is 0 Å². The van der Waals surface area contributed by atoms with E-state index in [-0.39, 0.29) is 25.4 Å². The largest absolute Gasteiger partial charge is 0.501 e. The van der Waals surface area contributed by atoms with Gasteiger partial charge in [-0.05, 0) is 29.8 Å². The Labute approximate surface area is 154 Å². The molecule has 3 rings (SSSR count). The van der Waals surface area contributed by atoms with E-state index in [1.165, 1.54) is 18.2 Å². The number of hydrogen-bond donors (Lipinski definition) is 0. The van der Waals surface area contributed by atoms with E-state index in [2.05, 4.69) is 0 Å². The van der Waals surface area contributed by atoms with Crippen molar-refractivity contribution in [3.05, 3.63) is 59.1 Å². The van der Waals surface area contributed by atoms with Crippen LogP contribution in [0.25, 0.3) is 0 Å².